The van der Waals surface area contributed by atoms with E-state index in [0.717, 1.165) is 30.9 Å². The zero-order valence-corrected chi connectivity index (χ0v) is 17.7. The van der Waals surface area contributed by atoms with Crippen LogP contribution in [-0.2, 0) is 4.79 Å². The molecule has 1 aliphatic carbocycles. The van der Waals surface area contributed by atoms with Gasteiger partial charge in [0.15, 0.2) is 0 Å². The molecule has 0 bridgehead atoms. The summed E-state index contributed by atoms with van der Waals surface area (Å²) in [7, 11) is 0. The average molecular weight is 404 g/mol. The van der Waals surface area contributed by atoms with E-state index in [-0.39, 0.29) is 17.4 Å². The van der Waals surface area contributed by atoms with E-state index in [1.54, 1.807) is 0 Å². The van der Waals surface area contributed by atoms with Gasteiger partial charge in [-0.05, 0) is 38.0 Å². The Kier molecular flexibility index (Phi) is 5.40. The van der Waals surface area contributed by atoms with Crippen molar-refractivity contribution < 1.29 is 4.79 Å². The van der Waals surface area contributed by atoms with Crippen LogP contribution in [0.4, 0.5) is 5.13 Å². The zero-order chi connectivity index (χ0) is 19.8. The molecule has 4 rings (SSSR count). The van der Waals surface area contributed by atoms with Crippen molar-refractivity contribution in [3.8, 4) is 0 Å². The molecule has 1 saturated heterocycles. The number of amides is 1. The van der Waals surface area contributed by atoms with Gasteiger partial charge in [-0.25, -0.2) is 4.98 Å². The van der Waals surface area contributed by atoms with Crippen molar-refractivity contribution in [2.45, 2.75) is 58.9 Å². The number of fused-ring (bicyclic) bond motifs is 1. The Morgan fingerprint density at radius 3 is 2.89 bits per heavy atom. The Bertz CT molecular complexity index is 923. The smallest absolute Gasteiger partial charge is 0.275 e. The van der Waals surface area contributed by atoms with Crippen molar-refractivity contribution >= 4 is 27.3 Å². The number of piperidine rings is 1. The van der Waals surface area contributed by atoms with E-state index in [2.05, 4.69) is 34.1 Å². The van der Waals surface area contributed by atoms with Crippen LogP contribution in [0.25, 0.3) is 4.96 Å². The van der Waals surface area contributed by atoms with Crippen molar-refractivity contribution in [1.82, 2.24) is 19.9 Å². The molecule has 2 aromatic rings. The molecule has 2 aromatic heterocycles. The Hall–Kier alpha value is -1.96. The van der Waals surface area contributed by atoms with Crippen LogP contribution >= 0.6 is 11.3 Å². The van der Waals surface area contributed by atoms with Gasteiger partial charge in [0.2, 0.25) is 16.0 Å². The second-order valence-corrected chi connectivity index (χ2v) is 9.42. The van der Waals surface area contributed by atoms with Crippen molar-refractivity contribution in [2.75, 3.05) is 18.0 Å². The van der Waals surface area contributed by atoms with Crippen LogP contribution in [0, 0.1) is 24.7 Å². The van der Waals surface area contributed by atoms with E-state index >= 15 is 0 Å². The molecule has 2 aliphatic rings. The van der Waals surface area contributed by atoms with Crippen molar-refractivity contribution in [3.05, 3.63) is 22.1 Å². The molecule has 28 heavy (non-hydrogen) atoms. The number of anilines is 1. The Labute approximate surface area is 169 Å². The van der Waals surface area contributed by atoms with Crippen LogP contribution in [-0.4, -0.2) is 39.6 Å². The van der Waals surface area contributed by atoms with Gasteiger partial charge in [-0.1, -0.05) is 38.0 Å². The summed E-state index contributed by atoms with van der Waals surface area (Å²) >= 11 is 1.42. The minimum atomic E-state index is -0.156. The summed E-state index contributed by atoms with van der Waals surface area (Å²) in [6, 6.07) is 1.79. The van der Waals surface area contributed by atoms with Gasteiger partial charge in [0.25, 0.3) is 5.56 Å². The second kappa shape index (κ2) is 7.81. The lowest BCUT2D eigenvalue weighted by atomic mass is 9.78. The van der Waals surface area contributed by atoms with Crippen LogP contribution in [0.5, 0.6) is 0 Å². The largest absolute Gasteiger partial charge is 0.353 e. The molecule has 2 fully saturated rings. The van der Waals surface area contributed by atoms with Crippen LogP contribution in [0.3, 0.4) is 0 Å². The summed E-state index contributed by atoms with van der Waals surface area (Å²) in [5, 5.41) is 8.57. The molecular formula is C20H29N5O2S. The molecule has 1 saturated carbocycles. The Balaban J connectivity index is 1.46. The molecule has 0 spiro atoms. The van der Waals surface area contributed by atoms with Crippen LogP contribution in [0.15, 0.2) is 10.9 Å². The van der Waals surface area contributed by atoms with Gasteiger partial charge in [-0.2, -0.15) is 4.52 Å². The van der Waals surface area contributed by atoms with Crippen LogP contribution < -0.4 is 15.8 Å². The summed E-state index contributed by atoms with van der Waals surface area (Å²) < 4.78 is 1.36. The van der Waals surface area contributed by atoms with Gasteiger partial charge in [0.05, 0.1) is 5.92 Å². The van der Waals surface area contributed by atoms with E-state index in [9.17, 15) is 9.59 Å². The molecule has 7 nitrogen and oxygen atoms in total. The molecule has 0 aromatic carbocycles. The minimum absolute atomic E-state index is 0.0309. The molecule has 1 N–H and O–H groups in total. The standard InChI is InChI=1S/C20H29N5O2S/c1-12-6-4-8-16(14(12)3)22-18(27)15-7-5-9-24(11-15)20-23-25-17(26)10-13(2)21-19(25)28-20/h10,12,14-16H,4-9,11H2,1-3H3,(H,22,27). The molecule has 8 heteroatoms. The quantitative estimate of drug-likeness (QED) is 0.852. The number of nitrogens with zero attached hydrogens (tertiary/aromatic N) is 4. The summed E-state index contributed by atoms with van der Waals surface area (Å²) in [5.41, 5.74) is 0.545. The fourth-order valence-corrected chi connectivity index (χ4v) is 5.48. The van der Waals surface area contributed by atoms with Gasteiger partial charge in [0, 0.05) is 30.9 Å². The summed E-state index contributed by atoms with van der Waals surface area (Å²) in [6.07, 6.45) is 5.39. The van der Waals surface area contributed by atoms with Gasteiger partial charge in [-0.3, -0.25) is 9.59 Å². The summed E-state index contributed by atoms with van der Waals surface area (Å²) in [5.74, 6) is 1.33. The number of hydrogen-bond donors (Lipinski definition) is 1. The van der Waals surface area contributed by atoms with Crippen LogP contribution in [0.2, 0.25) is 0 Å². The summed E-state index contributed by atoms with van der Waals surface area (Å²) in [6.45, 7) is 7.87. The van der Waals surface area contributed by atoms with Crippen molar-refractivity contribution in [2.24, 2.45) is 17.8 Å². The van der Waals surface area contributed by atoms with Gasteiger partial charge >= 0.3 is 0 Å². The maximum absolute atomic E-state index is 12.9. The Morgan fingerprint density at radius 2 is 2.07 bits per heavy atom. The molecule has 1 amide bonds. The topological polar surface area (TPSA) is 79.6 Å². The maximum atomic E-state index is 12.9. The number of rotatable bonds is 3. The van der Waals surface area contributed by atoms with Gasteiger partial charge in [-0.15, -0.1) is 5.10 Å². The normalized spacial score (nSPS) is 28.5. The minimum Gasteiger partial charge on any atom is -0.353 e. The zero-order valence-electron chi connectivity index (χ0n) is 16.9. The molecule has 1 aliphatic heterocycles. The third-order valence-corrected chi connectivity index (χ3v) is 7.43. The lowest BCUT2D eigenvalue weighted by Crippen LogP contribution is -2.49. The first-order valence-corrected chi connectivity index (χ1v) is 11.2. The molecular weight excluding hydrogens is 374 g/mol. The predicted molar refractivity (Wildman–Crippen MR) is 111 cm³/mol. The first-order chi connectivity index (χ1) is 13.4. The Morgan fingerprint density at radius 1 is 1.25 bits per heavy atom. The number of aryl methyl sites for hydroxylation is 1. The molecule has 4 unspecified atom stereocenters. The van der Waals surface area contributed by atoms with E-state index in [1.165, 1.54) is 34.8 Å². The van der Waals surface area contributed by atoms with Gasteiger partial charge < -0.3 is 10.2 Å². The third kappa shape index (κ3) is 3.79. The number of carbonyl (C=O) groups excluding carboxylic acids is 1. The molecule has 3 heterocycles. The molecule has 4 atom stereocenters. The fraction of sp³-hybridized carbons (Fsp3) is 0.700. The second-order valence-electron chi connectivity index (χ2n) is 8.48. The van der Waals surface area contributed by atoms with E-state index < -0.39 is 0 Å². The first-order valence-electron chi connectivity index (χ1n) is 10.3. The number of nitrogens with one attached hydrogen (secondary N) is 1. The summed E-state index contributed by atoms with van der Waals surface area (Å²) in [4.78, 5) is 32.2. The molecule has 152 valence electrons. The van der Waals surface area contributed by atoms with Gasteiger partial charge in [0.1, 0.15) is 0 Å². The van der Waals surface area contributed by atoms with E-state index in [4.69, 9.17) is 0 Å². The fourth-order valence-electron chi connectivity index (χ4n) is 4.49. The monoisotopic (exact) mass is 403 g/mol. The lowest BCUT2D eigenvalue weighted by Gasteiger charge is -2.37. The maximum Gasteiger partial charge on any atom is 0.275 e. The molecule has 0 radical (unpaired) electrons. The highest BCUT2D eigenvalue weighted by molar-refractivity contribution is 7.20. The number of hydrogen-bond acceptors (Lipinski definition) is 6. The highest BCUT2D eigenvalue weighted by Gasteiger charge is 2.32. The average Bonchev–Trinajstić information content (AvgIpc) is 3.10. The lowest BCUT2D eigenvalue weighted by molar-refractivity contribution is -0.126. The van der Waals surface area contributed by atoms with Crippen molar-refractivity contribution in [1.29, 1.82) is 0 Å². The SMILES string of the molecule is Cc1cc(=O)n2nc(N3CCCC(C(=O)NC4CCCC(C)C4C)C3)sc2n1. The highest BCUT2D eigenvalue weighted by atomic mass is 32.1. The van der Waals surface area contributed by atoms with Crippen LogP contribution in [0.1, 0.15) is 51.6 Å². The third-order valence-electron chi connectivity index (χ3n) is 6.46. The van der Waals surface area contributed by atoms with Crippen molar-refractivity contribution in [3.63, 3.8) is 0 Å². The number of carbonyl (C=O) groups is 1. The predicted octanol–water partition coefficient (Wildman–Crippen LogP) is 2.62. The van der Waals surface area contributed by atoms with E-state index in [1.807, 2.05) is 6.92 Å². The van der Waals surface area contributed by atoms with E-state index in [0.29, 0.717) is 35.1 Å². The number of aromatic nitrogens is 3. The first kappa shape index (κ1) is 19.4. The highest BCUT2D eigenvalue weighted by Crippen LogP contribution is 2.31.